The van der Waals surface area contributed by atoms with Crippen LogP contribution in [-0.4, -0.2) is 69.4 Å². The molecule has 0 radical (unpaired) electrons. The number of ether oxygens (including phenoxy) is 2. The second-order valence-electron chi connectivity index (χ2n) is 4.34. The van der Waals surface area contributed by atoms with Crippen LogP contribution < -0.4 is 0 Å². The normalized spacial score (nSPS) is 34.0. The molecule has 5 unspecified atom stereocenters. The van der Waals surface area contributed by atoms with E-state index in [0.717, 1.165) is 0 Å². The Morgan fingerprint density at radius 3 is 2.52 bits per heavy atom. The van der Waals surface area contributed by atoms with Crippen LogP contribution in [0.2, 0.25) is 0 Å². The molecule has 4 N–H and O–H groups in total. The van der Waals surface area contributed by atoms with Crippen molar-refractivity contribution in [1.82, 2.24) is 0 Å². The van der Waals surface area contributed by atoms with Crippen LogP contribution in [0.4, 0.5) is 0 Å². The fourth-order valence-electron chi connectivity index (χ4n) is 1.64. The van der Waals surface area contributed by atoms with Crippen LogP contribution in [0.25, 0.3) is 0 Å². The molecule has 0 aromatic rings. The zero-order valence-corrected chi connectivity index (χ0v) is 11.5. The molecular weight excluding hydrogens is 282 g/mol. The number of esters is 1. The highest BCUT2D eigenvalue weighted by Gasteiger charge is 2.43. The number of hydrogen-bond acceptors (Lipinski definition) is 8. The van der Waals surface area contributed by atoms with Crippen molar-refractivity contribution < 1.29 is 34.7 Å². The third-order valence-electron chi connectivity index (χ3n) is 2.83. The molecule has 8 heteroatoms. The molecule has 0 aliphatic carbocycles. The van der Waals surface area contributed by atoms with E-state index in [2.05, 4.69) is 11.6 Å². The average molecular weight is 301 g/mol. The Bertz CT molecular complexity index is 434. The van der Waals surface area contributed by atoms with Crippen LogP contribution in [0, 0.1) is 0 Å². The van der Waals surface area contributed by atoms with E-state index in [1.165, 1.54) is 12.3 Å². The molecule has 118 valence electrons. The molecule has 1 saturated heterocycles. The van der Waals surface area contributed by atoms with Crippen molar-refractivity contribution in [3.63, 3.8) is 0 Å². The summed E-state index contributed by atoms with van der Waals surface area (Å²) in [6, 6.07) is 0. The first-order chi connectivity index (χ1) is 9.92. The third kappa shape index (κ3) is 4.45. The molecule has 0 aromatic heterocycles. The topological polar surface area (TPSA) is 129 Å². The van der Waals surface area contributed by atoms with Gasteiger partial charge in [0.15, 0.2) is 6.29 Å². The Morgan fingerprint density at radius 2 is 1.95 bits per heavy atom. The van der Waals surface area contributed by atoms with Gasteiger partial charge in [0, 0.05) is 6.20 Å². The number of hydrogen-bond donors (Lipinski definition) is 4. The highest BCUT2D eigenvalue weighted by molar-refractivity contribution is 6.41. The van der Waals surface area contributed by atoms with Gasteiger partial charge in [-0.2, -0.15) is 0 Å². The van der Waals surface area contributed by atoms with Gasteiger partial charge in [0.2, 0.25) is 0 Å². The lowest BCUT2D eigenvalue weighted by atomic mass is 9.99. The predicted octanol–water partition coefficient (Wildman–Crippen LogP) is -1.51. The van der Waals surface area contributed by atoms with Gasteiger partial charge in [-0.3, -0.25) is 0 Å². The van der Waals surface area contributed by atoms with E-state index in [0.29, 0.717) is 0 Å². The Morgan fingerprint density at radius 1 is 1.29 bits per heavy atom. The molecule has 1 heterocycles. The maximum absolute atomic E-state index is 11.7. The monoisotopic (exact) mass is 301 g/mol. The summed E-state index contributed by atoms with van der Waals surface area (Å²) in [5, 5.41) is 37.8. The Labute approximate surface area is 121 Å². The summed E-state index contributed by atoms with van der Waals surface area (Å²) in [5.74, 6) is -0.797. The summed E-state index contributed by atoms with van der Waals surface area (Å²) < 4.78 is 9.73. The number of aliphatic imine (C=N–C) groups is 1. The van der Waals surface area contributed by atoms with Crippen LogP contribution in [0.5, 0.6) is 0 Å². The number of nitrogens with zero attached hydrogens (tertiary/aromatic N) is 1. The molecule has 5 atom stereocenters. The predicted molar refractivity (Wildman–Crippen MR) is 72.3 cm³/mol. The van der Waals surface area contributed by atoms with Crippen molar-refractivity contribution in [2.45, 2.75) is 37.6 Å². The van der Waals surface area contributed by atoms with Gasteiger partial charge >= 0.3 is 5.97 Å². The van der Waals surface area contributed by atoms with E-state index in [1.807, 2.05) is 0 Å². The summed E-state index contributed by atoms with van der Waals surface area (Å²) in [6.07, 6.45) is -3.39. The molecule has 1 rings (SSSR count). The second kappa shape index (κ2) is 8.01. The SMILES string of the molecule is C=CC(=NC=CC)C(=O)OCC1OC(O)C(O)C(O)C1O. The first-order valence-corrected chi connectivity index (χ1v) is 6.28. The van der Waals surface area contributed by atoms with E-state index in [1.54, 1.807) is 13.0 Å². The van der Waals surface area contributed by atoms with Gasteiger partial charge in [-0.25, -0.2) is 9.79 Å². The minimum atomic E-state index is -1.68. The number of carbonyl (C=O) groups excluding carboxylic acids is 1. The first kappa shape index (κ1) is 17.5. The zero-order chi connectivity index (χ0) is 16.0. The minimum absolute atomic E-state index is 0.0421. The molecule has 1 aliphatic heterocycles. The number of aliphatic hydroxyl groups is 4. The second-order valence-corrected chi connectivity index (χ2v) is 4.34. The van der Waals surface area contributed by atoms with Gasteiger partial charge in [-0.15, -0.1) is 0 Å². The molecule has 0 spiro atoms. The molecule has 0 saturated carbocycles. The minimum Gasteiger partial charge on any atom is -0.458 e. The number of carbonyl (C=O) groups is 1. The van der Waals surface area contributed by atoms with Crippen LogP contribution in [0.15, 0.2) is 29.9 Å². The Hall–Kier alpha value is -1.58. The quantitative estimate of drug-likeness (QED) is 0.359. The van der Waals surface area contributed by atoms with Crippen LogP contribution in [-0.2, 0) is 14.3 Å². The maximum atomic E-state index is 11.7. The van der Waals surface area contributed by atoms with Crippen LogP contribution >= 0.6 is 0 Å². The summed E-state index contributed by atoms with van der Waals surface area (Å²) in [6.45, 7) is 4.71. The molecule has 0 bridgehead atoms. The fourth-order valence-corrected chi connectivity index (χ4v) is 1.64. The van der Waals surface area contributed by atoms with Crippen LogP contribution in [0.3, 0.4) is 0 Å². The van der Waals surface area contributed by atoms with E-state index in [4.69, 9.17) is 9.47 Å². The molecule has 8 nitrogen and oxygen atoms in total. The lowest BCUT2D eigenvalue weighted by Crippen LogP contribution is -2.58. The number of allylic oxidation sites excluding steroid dienone is 1. The zero-order valence-electron chi connectivity index (χ0n) is 11.5. The van der Waals surface area contributed by atoms with Gasteiger partial charge in [0.25, 0.3) is 0 Å². The highest BCUT2D eigenvalue weighted by Crippen LogP contribution is 2.20. The Balaban J connectivity index is 2.62. The van der Waals surface area contributed by atoms with Gasteiger partial charge in [0.1, 0.15) is 36.7 Å². The van der Waals surface area contributed by atoms with Crippen molar-refractivity contribution in [2.75, 3.05) is 6.61 Å². The van der Waals surface area contributed by atoms with E-state index >= 15 is 0 Å². The largest absolute Gasteiger partial charge is 0.458 e. The standard InChI is InChI=1S/C13H19NO7/c1-3-5-14-7(4-2)12(18)20-6-8-9(15)10(16)11(17)13(19)21-8/h3-5,8-11,13,15-17,19H,2,6H2,1H3. The fraction of sp³-hybridized carbons (Fsp3) is 0.538. The summed E-state index contributed by atoms with van der Waals surface area (Å²) in [4.78, 5) is 15.5. The van der Waals surface area contributed by atoms with Crippen molar-refractivity contribution in [1.29, 1.82) is 0 Å². The van der Waals surface area contributed by atoms with Crippen molar-refractivity contribution in [3.8, 4) is 0 Å². The summed E-state index contributed by atoms with van der Waals surface area (Å²) in [7, 11) is 0. The molecule has 1 aliphatic rings. The molecule has 1 fully saturated rings. The van der Waals surface area contributed by atoms with Gasteiger partial charge in [-0.05, 0) is 13.0 Å². The van der Waals surface area contributed by atoms with Crippen LogP contribution in [0.1, 0.15) is 6.92 Å². The molecular formula is C13H19NO7. The summed E-state index contributed by atoms with van der Waals surface area (Å²) in [5.41, 5.74) is -0.0421. The molecule has 0 aromatic carbocycles. The maximum Gasteiger partial charge on any atom is 0.356 e. The number of rotatable bonds is 5. The molecule has 0 amide bonds. The smallest absolute Gasteiger partial charge is 0.356 e. The first-order valence-electron chi connectivity index (χ1n) is 6.28. The van der Waals surface area contributed by atoms with Crippen molar-refractivity contribution in [3.05, 3.63) is 24.9 Å². The number of aliphatic hydroxyl groups excluding tert-OH is 4. The Kier molecular flexibility index (Phi) is 6.66. The van der Waals surface area contributed by atoms with Crippen molar-refractivity contribution in [2.24, 2.45) is 4.99 Å². The highest BCUT2D eigenvalue weighted by atomic mass is 16.6. The van der Waals surface area contributed by atoms with Crippen molar-refractivity contribution >= 4 is 11.7 Å². The average Bonchev–Trinajstić information content (AvgIpc) is 2.48. The summed E-state index contributed by atoms with van der Waals surface area (Å²) >= 11 is 0. The lowest BCUT2D eigenvalue weighted by Gasteiger charge is -2.37. The third-order valence-corrected chi connectivity index (χ3v) is 2.83. The molecule has 21 heavy (non-hydrogen) atoms. The van der Waals surface area contributed by atoms with E-state index < -0.39 is 43.3 Å². The van der Waals surface area contributed by atoms with Gasteiger partial charge in [0.05, 0.1) is 0 Å². The van der Waals surface area contributed by atoms with E-state index in [9.17, 15) is 25.2 Å². The van der Waals surface area contributed by atoms with Gasteiger partial charge in [-0.1, -0.05) is 12.7 Å². The van der Waals surface area contributed by atoms with E-state index in [-0.39, 0.29) is 5.71 Å². The lowest BCUT2D eigenvalue weighted by molar-refractivity contribution is -0.287. The van der Waals surface area contributed by atoms with Gasteiger partial charge < -0.3 is 29.9 Å².